The first kappa shape index (κ1) is 16.9. The number of ether oxygens (including phenoxy) is 1. The number of halogens is 1. The van der Waals surface area contributed by atoms with E-state index < -0.39 is 5.54 Å². The van der Waals surface area contributed by atoms with E-state index >= 15 is 0 Å². The average molecular weight is 345 g/mol. The van der Waals surface area contributed by atoms with Gasteiger partial charge in [-0.1, -0.05) is 22.0 Å². The smallest absolute Gasteiger partial charge is 0.319 e. The number of hydrogen-bond donors (Lipinski definition) is 3. The van der Waals surface area contributed by atoms with Crippen molar-refractivity contribution >= 4 is 27.6 Å². The number of methoxy groups -OCH3 is 1. The lowest BCUT2D eigenvalue weighted by Crippen LogP contribution is -2.46. The van der Waals surface area contributed by atoms with Gasteiger partial charge in [0.2, 0.25) is 0 Å². The highest BCUT2D eigenvalue weighted by atomic mass is 79.9. The molecule has 0 aromatic heterocycles. The summed E-state index contributed by atoms with van der Waals surface area (Å²) in [6, 6.07) is 5.25. The Morgan fingerprint density at radius 3 is 2.75 bits per heavy atom. The molecule has 3 N–H and O–H groups in total. The zero-order valence-electron chi connectivity index (χ0n) is 12.0. The normalized spacial score (nSPS) is 11.2. The fourth-order valence-corrected chi connectivity index (χ4v) is 2.25. The third-order valence-electron chi connectivity index (χ3n) is 2.84. The Hall–Kier alpha value is -1.11. The van der Waals surface area contributed by atoms with Gasteiger partial charge in [-0.25, -0.2) is 4.79 Å². The van der Waals surface area contributed by atoms with Crippen LogP contribution in [0.4, 0.5) is 10.5 Å². The third kappa shape index (κ3) is 5.11. The third-order valence-corrected chi connectivity index (χ3v) is 3.59. The molecule has 6 heteroatoms. The first-order valence-corrected chi connectivity index (χ1v) is 7.15. The molecule has 0 spiro atoms. The summed E-state index contributed by atoms with van der Waals surface area (Å²) >= 11 is 3.44. The highest BCUT2D eigenvalue weighted by Crippen LogP contribution is 2.25. The van der Waals surface area contributed by atoms with Gasteiger partial charge in [0.25, 0.3) is 0 Å². The maximum absolute atomic E-state index is 12.0. The van der Waals surface area contributed by atoms with Crippen LogP contribution in [0.1, 0.15) is 25.8 Å². The largest absolute Gasteiger partial charge is 0.396 e. The highest BCUT2D eigenvalue weighted by Gasteiger charge is 2.20. The van der Waals surface area contributed by atoms with Crippen molar-refractivity contribution in [3.05, 3.63) is 28.2 Å². The summed E-state index contributed by atoms with van der Waals surface area (Å²) in [7, 11) is 1.60. The summed E-state index contributed by atoms with van der Waals surface area (Å²) in [4.78, 5) is 12.0. The fraction of sp³-hybridized carbons (Fsp3) is 0.500. The first-order chi connectivity index (χ1) is 9.39. The molecule has 2 amide bonds. The molecule has 0 saturated carbocycles. The minimum atomic E-state index is -0.466. The molecular formula is C14H21BrN2O3. The van der Waals surface area contributed by atoms with Crippen LogP contribution in [0.3, 0.4) is 0 Å². The van der Waals surface area contributed by atoms with Crippen LogP contribution >= 0.6 is 15.9 Å². The summed E-state index contributed by atoms with van der Waals surface area (Å²) in [5.41, 5.74) is 1.11. The second-order valence-corrected chi connectivity index (χ2v) is 5.99. The highest BCUT2D eigenvalue weighted by molar-refractivity contribution is 9.10. The lowest BCUT2D eigenvalue weighted by molar-refractivity contribution is 0.185. The van der Waals surface area contributed by atoms with Crippen molar-refractivity contribution in [3.8, 4) is 0 Å². The molecule has 0 aliphatic carbocycles. The van der Waals surface area contributed by atoms with Crippen molar-refractivity contribution in [1.29, 1.82) is 0 Å². The van der Waals surface area contributed by atoms with Crippen LogP contribution in [0, 0.1) is 0 Å². The number of aliphatic hydroxyl groups is 1. The zero-order chi connectivity index (χ0) is 15.2. The number of carbonyl (C=O) groups excluding carboxylic acids is 1. The molecule has 20 heavy (non-hydrogen) atoms. The molecule has 0 saturated heterocycles. The Kier molecular flexibility index (Phi) is 6.45. The number of anilines is 1. The van der Waals surface area contributed by atoms with Gasteiger partial charge >= 0.3 is 6.03 Å². The van der Waals surface area contributed by atoms with Crippen LogP contribution in [0.5, 0.6) is 0 Å². The Balaban J connectivity index is 2.78. The molecule has 0 unspecified atom stereocenters. The molecule has 1 aromatic rings. The quantitative estimate of drug-likeness (QED) is 0.743. The maximum atomic E-state index is 12.0. The Morgan fingerprint density at radius 2 is 2.15 bits per heavy atom. The molecule has 5 nitrogen and oxygen atoms in total. The SMILES string of the molecule is COCc1c(Br)cccc1NC(=O)NC(C)(C)CCO. The Bertz CT molecular complexity index is 464. The van der Waals surface area contributed by atoms with Gasteiger partial charge in [-0.3, -0.25) is 0 Å². The van der Waals surface area contributed by atoms with Gasteiger partial charge in [0.15, 0.2) is 0 Å². The van der Waals surface area contributed by atoms with E-state index in [9.17, 15) is 4.79 Å². The molecule has 0 bridgehead atoms. The molecule has 0 aliphatic heterocycles. The van der Waals surface area contributed by atoms with E-state index in [2.05, 4.69) is 26.6 Å². The van der Waals surface area contributed by atoms with Crippen molar-refractivity contribution in [2.24, 2.45) is 0 Å². The van der Waals surface area contributed by atoms with E-state index in [4.69, 9.17) is 9.84 Å². The van der Waals surface area contributed by atoms with Crippen LogP contribution in [0.2, 0.25) is 0 Å². The number of hydrogen-bond acceptors (Lipinski definition) is 3. The molecule has 0 aliphatic rings. The molecule has 0 radical (unpaired) electrons. The second kappa shape index (κ2) is 7.61. The van der Waals surface area contributed by atoms with Gasteiger partial charge in [-0.05, 0) is 32.4 Å². The minimum absolute atomic E-state index is 0.0269. The van der Waals surface area contributed by atoms with Gasteiger partial charge < -0.3 is 20.5 Å². The number of aliphatic hydroxyl groups excluding tert-OH is 1. The number of amides is 2. The van der Waals surface area contributed by atoms with Gasteiger partial charge in [0, 0.05) is 35.0 Å². The standard InChI is InChI=1S/C14H21BrN2O3/c1-14(2,7-8-18)17-13(19)16-12-6-4-5-11(15)10(12)9-20-3/h4-6,18H,7-9H2,1-3H3,(H2,16,17,19). The molecule has 0 heterocycles. The zero-order valence-corrected chi connectivity index (χ0v) is 13.6. The van der Waals surface area contributed by atoms with Gasteiger partial charge in [-0.2, -0.15) is 0 Å². The van der Waals surface area contributed by atoms with E-state index in [0.717, 1.165) is 10.0 Å². The van der Waals surface area contributed by atoms with Crippen molar-refractivity contribution in [2.75, 3.05) is 19.0 Å². The average Bonchev–Trinajstić information content (AvgIpc) is 2.32. The number of urea groups is 1. The summed E-state index contributed by atoms with van der Waals surface area (Å²) in [5, 5.41) is 14.6. The number of rotatable bonds is 6. The van der Waals surface area contributed by atoms with Crippen LogP contribution in [0.25, 0.3) is 0 Å². The summed E-state index contributed by atoms with van der Waals surface area (Å²) in [6.45, 7) is 4.15. The lowest BCUT2D eigenvalue weighted by atomic mass is 10.0. The Labute approximate surface area is 127 Å². The number of nitrogens with one attached hydrogen (secondary N) is 2. The van der Waals surface area contributed by atoms with Crippen LogP contribution in [-0.2, 0) is 11.3 Å². The van der Waals surface area contributed by atoms with E-state index in [1.165, 1.54) is 0 Å². The van der Waals surface area contributed by atoms with Crippen molar-refractivity contribution < 1.29 is 14.6 Å². The van der Waals surface area contributed by atoms with E-state index in [1.807, 2.05) is 32.0 Å². The van der Waals surface area contributed by atoms with Gasteiger partial charge in [-0.15, -0.1) is 0 Å². The first-order valence-electron chi connectivity index (χ1n) is 6.36. The van der Waals surface area contributed by atoms with Gasteiger partial charge in [0.1, 0.15) is 0 Å². The van der Waals surface area contributed by atoms with E-state index in [-0.39, 0.29) is 12.6 Å². The van der Waals surface area contributed by atoms with Gasteiger partial charge in [0.05, 0.1) is 6.61 Å². The van der Waals surface area contributed by atoms with E-state index in [1.54, 1.807) is 7.11 Å². The molecule has 112 valence electrons. The predicted octanol–water partition coefficient (Wildman–Crippen LogP) is 2.88. The minimum Gasteiger partial charge on any atom is -0.396 e. The monoisotopic (exact) mass is 344 g/mol. The number of benzene rings is 1. The molecule has 1 aromatic carbocycles. The Morgan fingerprint density at radius 1 is 1.45 bits per heavy atom. The number of carbonyl (C=O) groups is 1. The van der Waals surface area contributed by atoms with Crippen LogP contribution < -0.4 is 10.6 Å². The van der Waals surface area contributed by atoms with Crippen molar-refractivity contribution in [1.82, 2.24) is 5.32 Å². The maximum Gasteiger partial charge on any atom is 0.319 e. The summed E-state index contributed by atoms with van der Waals surface area (Å²) < 4.78 is 6.02. The van der Waals surface area contributed by atoms with Crippen molar-refractivity contribution in [2.45, 2.75) is 32.4 Å². The van der Waals surface area contributed by atoms with Crippen LogP contribution in [-0.4, -0.2) is 30.4 Å². The molecule has 0 fully saturated rings. The molecule has 1 rings (SSSR count). The van der Waals surface area contributed by atoms with Crippen LogP contribution in [0.15, 0.2) is 22.7 Å². The summed E-state index contributed by atoms with van der Waals surface area (Å²) in [5.74, 6) is 0. The van der Waals surface area contributed by atoms with E-state index in [0.29, 0.717) is 18.7 Å². The second-order valence-electron chi connectivity index (χ2n) is 5.14. The molecule has 0 atom stereocenters. The fourth-order valence-electron chi connectivity index (χ4n) is 1.77. The lowest BCUT2D eigenvalue weighted by Gasteiger charge is -2.25. The summed E-state index contributed by atoms with van der Waals surface area (Å²) in [6.07, 6.45) is 0.490. The predicted molar refractivity (Wildman–Crippen MR) is 82.8 cm³/mol. The van der Waals surface area contributed by atoms with Crippen molar-refractivity contribution in [3.63, 3.8) is 0 Å². The topological polar surface area (TPSA) is 70.6 Å². The molecular weight excluding hydrogens is 324 g/mol.